The van der Waals surface area contributed by atoms with Crippen LogP contribution in [0.1, 0.15) is 44.5 Å². The number of nitrogens with zero attached hydrogens (tertiary/aromatic N) is 3. The fourth-order valence-corrected chi connectivity index (χ4v) is 2.77. The Morgan fingerprint density at radius 2 is 2.16 bits per heavy atom. The van der Waals surface area contributed by atoms with Crippen LogP contribution in [0.2, 0.25) is 0 Å². The summed E-state index contributed by atoms with van der Waals surface area (Å²) < 4.78 is 2.06. The second-order valence-electron chi connectivity index (χ2n) is 5.93. The van der Waals surface area contributed by atoms with E-state index in [1.807, 2.05) is 0 Å². The van der Waals surface area contributed by atoms with E-state index in [9.17, 15) is 0 Å². The molecular weight excluding hydrogens is 260 g/mol. The minimum absolute atomic E-state index is 0. The molecule has 1 aromatic heterocycles. The molecule has 1 aromatic rings. The highest BCUT2D eigenvalue weighted by Gasteiger charge is 2.28. The molecule has 2 rings (SSSR count). The molecule has 1 aliphatic rings. The second kappa shape index (κ2) is 6.73. The van der Waals surface area contributed by atoms with Crippen molar-refractivity contribution >= 4 is 12.4 Å². The van der Waals surface area contributed by atoms with Gasteiger partial charge in [-0.05, 0) is 46.6 Å². The lowest BCUT2D eigenvalue weighted by atomic mass is 10.1. The molecular formula is C14H27ClN4. The van der Waals surface area contributed by atoms with Gasteiger partial charge in [-0.3, -0.25) is 9.58 Å². The van der Waals surface area contributed by atoms with E-state index in [1.54, 1.807) is 0 Å². The van der Waals surface area contributed by atoms with E-state index < -0.39 is 0 Å². The van der Waals surface area contributed by atoms with Gasteiger partial charge in [0, 0.05) is 36.9 Å². The van der Waals surface area contributed by atoms with Crippen molar-refractivity contribution in [1.29, 1.82) is 0 Å². The van der Waals surface area contributed by atoms with Gasteiger partial charge in [-0.2, -0.15) is 5.10 Å². The lowest BCUT2D eigenvalue weighted by Crippen LogP contribution is -2.27. The Kier molecular flexibility index (Phi) is 5.83. The highest BCUT2D eigenvalue weighted by molar-refractivity contribution is 5.85. The lowest BCUT2D eigenvalue weighted by molar-refractivity contribution is 0.255. The van der Waals surface area contributed by atoms with Gasteiger partial charge in [0.2, 0.25) is 0 Å². The van der Waals surface area contributed by atoms with Gasteiger partial charge in [0.15, 0.2) is 0 Å². The highest BCUT2D eigenvalue weighted by Crippen LogP contribution is 2.25. The predicted molar refractivity (Wildman–Crippen MR) is 81.6 cm³/mol. The molecule has 2 atom stereocenters. The van der Waals surface area contributed by atoms with Crippen LogP contribution in [0.3, 0.4) is 0 Å². The van der Waals surface area contributed by atoms with Crippen LogP contribution in [0.4, 0.5) is 0 Å². The molecule has 0 aromatic carbocycles. The molecule has 1 aliphatic heterocycles. The molecule has 0 spiro atoms. The highest BCUT2D eigenvalue weighted by atomic mass is 35.5. The topological polar surface area (TPSA) is 47.1 Å². The minimum atomic E-state index is 0. The molecule has 2 N–H and O–H groups in total. The number of hydrogen-bond donors (Lipinski definition) is 1. The summed E-state index contributed by atoms with van der Waals surface area (Å²) in [5.41, 5.74) is 8.30. The van der Waals surface area contributed by atoms with Crippen LogP contribution < -0.4 is 5.73 Å². The zero-order valence-electron chi connectivity index (χ0n) is 12.5. The summed E-state index contributed by atoms with van der Waals surface area (Å²) in [6.07, 6.45) is 3.43. The summed E-state index contributed by atoms with van der Waals surface area (Å²) in [6.45, 7) is 11.7. The normalized spacial score (nSPS) is 23.9. The Hall–Kier alpha value is -0.580. The molecule has 4 nitrogen and oxygen atoms in total. The van der Waals surface area contributed by atoms with E-state index in [1.165, 1.54) is 12.0 Å². The molecule has 0 amide bonds. The molecule has 1 saturated heterocycles. The van der Waals surface area contributed by atoms with Gasteiger partial charge in [0.05, 0.1) is 5.69 Å². The molecule has 0 aliphatic carbocycles. The summed E-state index contributed by atoms with van der Waals surface area (Å²) in [7, 11) is 0. The van der Waals surface area contributed by atoms with Crippen LogP contribution in [-0.4, -0.2) is 33.8 Å². The first-order valence-corrected chi connectivity index (χ1v) is 7.00. The first-order valence-electron chi connectivity index (χ1n) is 7.00. The van der Waals surface area contributed by atoms with Crippen molar-refractivity contribution in [2.75, 3.05) is 13.1 Å². The zero-order chi connectivity index (χ0) is 13.3. The van der Waals surface area contributed by atoms with Crippen molar-refractivity contribution in [2.45, 2.75) is 52.7 Å². The van der Waals surface area contributed by atoms with E-state index in [4.69, 9.17) is 5.73 Å². The minimum Gasteiger partial charge on any atom is -0.330 e. The predicted octanol–water partition coefficient (Wildman–Crippen LogP) is 2.36. The standard InChI is InChI=1S/C14H26N4.ClH/c1-10(2)18-9-14(12(4)16-18)8-17-7-13(6-15)5-11(17)3;/h9-11,13H,5-8,15H2,1-4H3;1H. The van der Waals surface area contributed by atoms with Gasteiger partial charge in [-0.1, -0.05) is 0 Å². The first kappa shape index (κ1) is 16.5. The van der Waals surface area contributed by atoms with Crippen molar-refractivity contribution < 1.29 is 0 Å². The van der Waals surface area contributed by atoms with Gasteiger partial charge in [-0.25, -0.2) is 0 Å². The van der Waals surface area contributed by atoms with Crippen LogP contribution in [0.25, 0.3) is 0 Å². The van der Waals surface area contributed by atoms with Crippen molar-refractivity contribution in [3.63, 3.8) is 0 Å². The van der Waals surface area contributed by atoms with Gasteiger partial charge >= 0.3 is 0 Å². The third-order valence-corrected chi connectivity index (χ3v) is 4.04. The summed E-state index contributed by atoms with van der Waals surface area (Å²) in [5, 5.41) is 4.58. The summed E-state index contributed by atoms with van der Waals surface area (Å²) in [5.74, 6) is 0.667. The number of aromatic nitrogens is 2. The zero-order valence-corrected chi connectivity index (χ0v) is 13.3. The Bertz CT molecular complexity index is 402. The van der Waals surface area contributed by atoms with Crippen LogP contribution in [0.5, 0.6) is 0 Å². The van der Waals surface area contributed by atoms with Crippen LogP contribution in [0.15, 0.2) is 6.20 Å². The fraction of sp³-hybridized carbons (Fsp3) is 0.786. The van der Waals surface area contributed by atoms with Crippen molar-refractivity contribution in [1.82, 2.24) is 14.7 Å². The van der Waals surface area contributed by atoms with E-state index in [2.05, 4.69) is 48.6 Å². The molecule has 2 unspecified atom stereocenters. The largest absolute Gasteiger partial charge is 0.330 e. The van der Waals surface area contributed by atoms with Crippen molar-refractivity contribution in [2.24, 2.45) is 11.7 Å². The van der Waals surface area contributed by atoms with Crippen molar-refractivity contribution in [3.05, 3.63) is 17.5 Å². The maximum Gasteiger partial charge on any atom is 0.0638 e. The number of hydrogen-bond acceptors (Lipinski definition) is 3. The number of rotatable bonds is 4. The smallest absolute Gasteiger partial charge is 0.0638 e. The Balaban J connectivity index is 0.00000180. The first-order chi connectivity index (χ1) is 8.51. The average Bonchev–Trinajstić information content (AvgIpc) is 2.85. The van der Waals surface area contributed by atoms with Gasteiger partial charge < -0.3 is 5.73 Å². The fourth-order valence-electron chi connectivity index (χ4n) is 2.77. The van der Waals surface area contributed by atoms with E-state index in [0.717, 1.165) is 25.3 Å². The third kappa shape index (κ3) is 3.71. The molecule has 2 heterocycles. The Morgan fingerprint density at radius 1 is 1.47 bits per heavy atom. The quantitative estimate of drug-likeness (QED) is 0.924. The van der Waals surface area contributed by atoms with Crippen molar-refractivity contribution in [3.8, 4) is 0 Å². The summed E-state index contributed by atoms with van der Waals surface area (Å²) in [6, 6.07) is 1.07. The second-order valence-corrected chi connectivity index (χ2v) is 5.93. The lowest BCUT2D eigenvalue weighted by Gasteiger charge is -2.20. The molecule has 19 heavy (non-hydrogen) atoms. The van der Waals surface area contributed by atoms with E-state index in [0.29, 0.717) is 18.0 Å². The molecule has 0 radical (unpaired) electrons. The summed E-state index contributed by atoms with van der Waals surface area (Å²) >= 11 is 0. The number of nitrogens with two attached hydrogens (primary N) is 1. The molecule has 110 valence electrons. The molecule has 0 saturated carbocycles. The monoisotopic (exact) mass is 286 g/mol. The average molecular weight is 287 g/mol. The maximum absolute atomic E-state index is 5.78. The van der Waals surface area contributed by atoms with Crippen LogP contribution in [-0.2, 0) is 6.54 Å². The van der Waals surface area contributed by atoms with E-state index >= 15 is 0 Å². The Labute approximate surface area is 122 Å². The van der Waals surface area contributed by atoms with Crippen LogP contribution >= 0.6 is 12.4 Å². The van der Waals surface area contributed by atoms with Gasteiger partial charge in [0.25, 0.3) is 0 Å². The molecule has 0 bridgehead atoms. The number of halogens is 1. The summed E-state index contributed by atoms with van der Waals surface area (Å²) in [4.78, 5) is 2.53. The number of aryl methyl sites for hydroxylation is 1. The van der Waals surface area contributed by atoms with Gasteiger partial charge in [0.1, 0.15) is 0 Å². The van der Waals surface area contributed by atoms with Crippen LogP contribution in [0, 0.1) is 12.8 Å². The molecule has 5 heteroatoms. The molecule has 1 fully saturated rings. The van der Waals surface area contributed by atoms with E-state index in [-0.39, 0.29) is 12.4 Å². The number of likely N-dealkylation sites (tertiary alicyclic amines) is 1. The SMILES string of the molecule is Cc1nn(C(C)C)cc1CN1CC(CN)CC1C.Cl. The maximum atomic E-state index is 5.78. The Morgan fingerprint density at radius 3 is 2.63 bits per heavy atom. The van der Waals surface area contributed by atoms with Gasteiger partial charge in [-0.15, -0.1) is 12.4 Å². The third-order valence-electron chi connectivity index (χ3n) is 4.04.